The smallest absolute Gasteiger partial charge is 0.269 e. The van der Waals surface area contributed by atoms with Gasteiger partial charge in [-0.2, -0.15) is 0 Å². The van der Waals surface area contributed by atoms with Crippen LogP contribution in [0, 0.1) is 10.1 Å². The van der Waals surface area contributed by atoms with Gasteiger partial charge in [0, 0.05) is 16.6 Å². The Kier molecular flexibility index (Phi) is 5.11. The van der Waals surface area contributed by atoms with Crippen LogP contribution in [0.3, 0.4) is 0 Å². The molecule has 0 unspecified atom stereocenters. The van der Waals surface area contributed by atoms with Gasteiger partial charge in [-0.15, -0.1) is 0 Å². The largest absolute Gasteiger partial charge is 0.495 e. The molecule has 0 bridgehead atoms. The van der Waals surface area contributed by atoms with Gasteiger partial charge in [0.05, 0.1) is 24.1 Å². The number of carbonyl (C=O) groups is 1. The summed E-state index contributed by atoms with van der Waals surface area (Å²) in [5.74, 6) is 0.325. The molecule has 2 aromatic carbocycles. The number of nitro groups is 1. The van der Waals surface area contributed by atoms with E-state index in [2.05, 4.69) is 21.2 Å². The number of hydrogen-bond acceptors (Lipinski definition) is 4. The Morgan fingerprint density at radius 3 is 2.55 bits per heavy atom. The summed E-state index contributed by atoms with van der Waals surface area (Å²) in [6, 6.07) is 11.2. The zero-order valence-corrected chi connectivity index (χ0v) is 13.3. The molecular weight excluding hydrogens is 352 g/mol. The lowest BCUT2D eigenvalue weighted by Gasteiger charge is -2.10. The number of amides is 1. The molecule has 114 valence electrons. The summed E-state index contributed by atoms with van der Waals surface area (Å²) in [6.45, 7) is 0. The maximum absolute atomic E-state index is 12.1. The molecule has 7 heteroatoms. The van der Waals surface area contributed by atoms with E-state index in [0.29, 0.717) is 17.0 Å². The van der Waals surface area contributed by atoms with Crippen molar-refractivity contribution in [2.75, 3.05) is 12.4 Å². The Labute approximate surface area is 135 Å². The number of methoxy groups -OCH3 is 1. The van der Waals surface area contributed by atoms with Crippen molar-refractivity contribution in [3.8, 4) is 5.75 Å². The SMILES string of the molecule is COc1ccc(Br)cc1NC(=O)Cc1ccc([N+](=O)[O-])cc1. The van der Waals surface area contributed by atoms with Crippen LogP contribution in [0.5, 0.6) is 5.75 Å². The predicted octanol–water partition coefficient (Wildman–Crippen LogP) is 3.55. The number of non-ortho nitro benzene ring substituents is 1. The number of nitrogens with one attached hydrogen (secondary N) is 1. The summed E-state index contributed by atoms with van der Waals surface area (Å²) in [7, 11) is 1.52. The van der Waals surface area contributed by atoms with Crippen molar-refractivity contribution in [2.24, 2.45) is 0 Å². The number of hydrogen-bond donors (Lipinski definition) is 1. The minimum atomic E-state index is -0.476. The van der Waals surface area contributed by atoms with Crippen LogP contribution in [-0.2, 0) is 11.2 Å². The van der Waals surface area contributed by atoms with Gasteiger partial charge in [-0.1, -0.05) is 28.1 Å². The van der Waals surface area contributed by atoms with Gasteiger partial charge in [0.1, 0.15) is 5.75 Å². The van der Waals surface area contributed by atoms with E-state index in [1.165, 1.54) is 19.2 Å². The number of benzene rings is 2. The molecule has 0 saturated carbocycles. The highest BCUT2D eigenvalue weighted by atomic mass is 79.9. The van der Waals surface area contributed by atoms with Crippen molar-refractivity contribution >= 4 is 33.2 Å². The first-order chi connectivity index (χ1) is 10.5. The molecule has 0 aliphatic rings. The van der Waals surface area contributed by atoms with Crippen molar-refractivity contribution in [1.29, 1.82) is 0 Å². The average molecular weight is 365 g/mol. The lowest BCUT2D eigenvalue weighted by molar-refractivity contribution is -0.384. The predicted molar refractivity (Wildman–Crippen MR) is 86.1 cm³/mol. The molecule has 0 heterocycles. The highest BCUT2D eigenvalue weighted by molar-refractivity contribution is 9.10. The van der Waals surface area contributed by atoms with Crippen molar-refractivity contribution in [3.05, 3.63) is 62.6 Å². The molecule has 0 saturated heterocycles. The highest BCUT2D eigenvalue weighted by Gasteiger charge is 2.10. The van der Waals surface area contributed by atoms with Crippen molar-refractivity contribution in [3.63, 3.8) is 0 Å². The summed E-state index contributed by atoms with van der Waals surface area (Å²) in [6.07, 6.45) is 0.119. The quantitative estimate of drug-likeness (QED) is 0.649. The number of halogens is 1. The summed E-state index contributed by atoms with van der Waals surface area (Å²) in [5, 5.41) is 13.3. The van der Waals surface area contributed by atoms with Gasteiger partial charge < -0.3 is 10.1 Å². The fraction of sp³-hybridized carbons (Fsp3) is 0.133. The van der Waals surface area contributed by atoms with Crippen molar-refractivity contribution in [1.82, 2.24) is 0 Å². The third-order valence-corrected chi connectivity index (χ3v) is 3.44. The third-order valence-electron chi connectivity index (χ3n) is 2.95. The Balaban J connectivity index is 2.07. The molecule has 0 radical (unpaired) electrons. The lowest BCUT2D eigenvalue weighted by atomic mass is 10.1. The Bertz CT molecular complexity index is 701. The molecule has 0 aromatic heterocycles. The zero-order chi connectivity index (χ0) is 16.1. The summed E-state index contributed by atoms with van der Waals surface area (Å²) >= 11 is 3.33. The molecule has 0 spiro atoms. The molecular formula is C15H13BrN2O4. The van der Waals surface area contributed by atoms with E-state index >= 15 is 0 Å². The average Bonchev–Trinajstić information content (AvgIpc) is 2.48. The van der Waals surface area contributed by atoms with Gasteiger partial charge in [0.2, 0.25) is 5.91 Å². The third kappa shape index (κ3) is 4.05. The standard InChI is InChI=1S/C15H13BrN2O4/c1-22-14-7-4-11(16)9-13(14)17-15(19)8-10-2-5-12(6-3-10)18(20)21/h2-7,9H,8H2,1H3,(H,17,19). The van der Waals surface area contributed by atoms with Gasteiger partial charge >= 0.3 is 0 Å². The number of carbonyl (C=O) groups excluding carboxylic acids is 1. The zero-order valence-electron chi connectivity index (χ0n) is 11.7. The fourth-order valence-corrected chi connectivity index (χ4v) is 2.25. The second kappa shape index (κ2) is 7.04. The molecule has 1 amide bonds. The molecule has 0 aliphatic heterocycles. The van der Waals surface area contributed by atoms with Crippen LogP contribution in [0.4, 0.5) is 11.4 Å². The van der Waals surface area contributed by atoms with Crippen molar-refractivity contribution in [2.45, 2.75) is 6.42 Å². The number of nitrogens with zero attached hydrogens (tertiary/aromatic N) is 1. The summed E-state index contributed by atoms with van der Waals surface area (Å²) in [4.78, 5) is 22.2. The minimum absolute atomic E-state index is 0.00202. The monoisotopic (exact) mass is 364 g/mol. The van der Waals surface area contributed by atoms with E-state index in [9.17, 15) is 14.9 Å². The number of nitro benzene ring substituents is 1. The molecule has 2 rings (SSSR count). The normalized spacial score (nSPS) is 10.1. The van der Waals surface area contributed by atoms with E-state index in [-0.39, 0.29) is 18.0 Å². The van der Waals surface area contributed by atoms with Crippen LogP contribution in [0.25, 0.3) is 0 Å². The van der Waals surface area contributed by atoms with E-state index in [1.54, 1.807) is 24.3 Å². The van der Waals surface area contributed by atoms with Gasteiger partial charge in [0.15, 0.2) is 0 Å². The van der Waals surface area contributed by atoms with Gasteiger partial charge in [-0.3, -0.25) is 14.9 Å². The van der Waals surface area contributed by atoms with Gasteiger partial charge in [0.25, 0.3) is 5.69 Å². The first-order valence-corrected chi connectivity index (χ1v) is 7.15. The Morgan fingerprint density at radius 2 is 1.95 bits per heavy atom. The fourth-order valence-electron chi connectivity index (χ4n) is 1.89. The molecule has 0 aliphatic carbocycles. The number of ether oxygens (including phenoxy) is 1. The van der Waals surface area contributed by atoms with Crippen LogP contribution in [0.2, 0.25) is 0 Å². The van der Waals surface area contributed by atoms with E-state index in [0.717, 1.165) is 4.47 Å². The second-order valence-corrected chi connectivity index (χ2v) is 5.41. The highest BCUT2D eigenvalue weighted by Crippen LogP contribution is 2.28. The number of rotatable bonds is 5. The Morgan fingerprint density at radius 1 is 1.27 bits per heavy atom. The second-order valence-electron chi connectivity index (χ2n) is 4.49. The lowest BCUT2D eigenvalue weighted by Crippen LogP contribution is -2.15. The molecule has 0 atom stereocenters. The topological polar surface area (TPSA) is 81.5 Å². The van der Waals surface area contributed by atoms with Crippen LogP contribution < -0.4 is 10.1 Å². The molecule has 22 heavy (non-hydrogen) atoms. The van der Waals surface area contributed by atoms with Gasteiger partial charge in [-0.25, -0.2) is 0 Å². The van der Waals surface area contributed by atoms with E-state index < -0.39 is 4.92 Å². The van der Waals surface area contributed by atoms with Crippen LogP contribution in [-0.4, -0.2) is 17.9 Å². The van der Waals surface area contributed by atoms with Crippen molar-refractivity contribution < 1.29 is 14.5 Å². The van der Waals surface area contributed by atoms with Gasteiger partial charge in [-0.05, 0) is 23.8 Å². The van der Waals surface area contributed by atoms with Crippen LogP contribution >= 0.6 is 15.9 Å². The Hall–Kier alpha value is -2.41. The summed E-state index contributed by atoms with van der Waals surface area (Å²) < 4.78 is 6.00. The summed E-state index contributed by atoms with van der Waals surface area (Å²) in [5.41, 5.74) is 1.25. The first-order valence-electron chi connectivity index (χ1n) is 6.36. The van der Waals surface area contributed by atoms with Crippen LogP contribution in [0.1, 0.15) is 5.56 Å². The minimum Gasteiger partial charge on any atom is -0.495 e. The molecule has 6 nitrogen and oxygen atoms in total. The van der Waals surface area contributed by atoms with Crippen LogP contribution in [0.15, 0.2) is 46.9 Å². The maximum Gasteiger partial charge on any atom is 0.269 e. The first kappa shape index (κ1) is 16.0. The number of anilines is 1. The molecule has 2 aromatic rings. The van der Waals surface area contributed by atoms with E-state index in [4.69, 9.17) is 4.74 Å². The molecule has 1 N–H and O–H groups in total. The van der Waals surface area contributed by atoms with E-state index in [1.807, 2.05) is 6.07 Å². The maximum atomic E-state index is 12.1. The molecule has 0 fully saturated rings.